The molecule has 0 spiro atoms. The van der Waals surface area contributed by atoms with Gasteiger partial charge in [0.05, 0.1) is 29.9 Å². The Morgan fingerprint density at radius 2 is 1.79 bits per heavy atom. The molecule has 8 nitrogen and oxygen atoms in total. The Morgan fingerprint density at radius 1 is 1.03 bits per heavy atom. The Morgan fingerprint density at radius 3 is 2.53 bits per heavy atom. The molecule has 2 aromatic rings. The highest BCUT2D eigenvalue weighted by Crippen LogP contribution is 2.25. The molecule has 2 aliphatic heterocycles. The number of ether oxygens (including phenoxy) is 3. The number of hydrogen-bond donors (Lipinski definition) is 1. The first-order chi connectivity index (χ1) is 16.5. The molecule has 0 aromatic heterocycles. The van der Waals surface area contributed by atoms with E-state index in [-0.39, 0.29) is 23.3 Å². The lowest BCUT2D eigenvalue weighted by atomic mass is 10.1. The van der Waals surface area contributed by atoms with Gasteiger partial charge in [-0.15, -0.1) is 0 Å². The molecule has 0 bridgehead atoms. The van der Waals surface area contributed by atoms with Gasteiger partial charge in [-0.05, 0) is 55.5 Å². The summed E-state index contributed by atoms with van der Waals surface area (Å²) in [6, 6.07) is 14.1. The number of para-hydroxylation sites is 2. The number of rotatable bonds is 9. The van der Waals surface area contributed by atoms with Crippen molar-refractivity contribution < 1.29 is 27.4 Å². The van der Waals surface area contributed by atoms with Crippen molar-refractivity contribution in [2.24, 2.45) is 0 Å². The van der Waals surface area contributed by atoms with Crippen LogP contribution in [0.2, 0.25) is 0 Å². The Balaban J connectivity index is 1.28. The highest BCUT2D eigenvalue weighted by molar-refractivity contribution is 7.89. The number of carbonyl (C=O) groups is 1. The van der Waals surface area contributed by atoms with Crippen LogP contribution in [0.3, 0.4) is 0 Å². The molecule has 9 heteroatoms. The van der Waals surface area contributed by atoms with Gasteiger partial charge in [-0.3, -0.25) is 4.79 Å². The molecule has 2 heterocycles. The minimum Gasteiger partial charge on any atom is -0.489 e. The number of sulfonamides is 1. The van der Waals surface area contributed by atoms with E-state index in [0.29, 0.717) is 50.8 Å². The predicted molar refractivity (Wildman–Crippen MR) is 128 cm³/mol. The maximum Gasteiger partial charge on any atom is 0.243 e. The van der Waals surface area contributed by atoms with Crippen molar-refractivity contribution in [3.63, 3.8) is 0 Å². The molecule has 34 heavy (non-hydrogen) atoms. The van der Waals surface area contributed by atoms with Gasteiger partial charge in [0, 0.05) is 26.1 Å². The number of benzene rings is 2. The zero-order valence-electron chi connectivity index (χ0n) is 19.3. The molecule has 2 saturated heterocycles. The molecule has 1 N–H and O–H groups in total. The summed E-state index contributed by atoms with van der Waals surface area (Å²) in [5.74, 6) is 0.498. The SMILES string of the molecule is O=C(CCc1ccc(S(=O)(=O)N2CCOCC2)cc1)Nc1ccccc1OCC1CCCCO1. The van der Waals surface area contributed by atoms with E-state index in [1.54, 1.807) is 24.3 Å². The third-order valence-electron chi connectivity index (χ3n) is 6.03. The number of anilines is 1. The molecule has 2 aromatic carbocycles. The van der Waals surface area contributed by atoms with Crippen LogP contribution in [0, 0.1) is 0 Å². The van der Waals surface area contributed by atoms with Gasteiger partial charge in [0.2, 0.25) is 15.9 Å². The normalized spacial score (nSPS) is 19.5. The van der Waals surface area contributed by atoms with Crippen LogP contribution in [-0.4, -0.2) is 64.3 Å². The fourth-order valence-electron chi connectivity index (χ4n) is 4.05. The molecule has 0 radical (unpaired) electrons. The summed E-state index contributed by atoms with van der Waals surface area (Å²) >= 11 is 0. The predicted octanol–water partition coefficient (Wildman–Crippen LogP) is 3.23. The molecule has 184 valence electrons. The maximum atomic E-state index is 12.7. The third kappa shape index (κ3) is 6.56. The Bertz CT molecular complexity index is 1050. The van der Waals surface area contributed by atoms with Crippen LogP contribution in [0.25, 0.3) is 0 Å². The fraction of sp³-hybridized carbons (Fsp3) is 0.480. The number of nitrogens with zero attached hydrogens (tertiary/aromatic N) is 1. The van der Waals surface area contributed by atoms with E-state index in [2.05, 4.69) is 5.32 Å². The number of morpholine rings is 1. The molecule has 2 fully saturated rings. The molecular weight excluding hydrogens is 456 g/mol. The zero-order chi connectivity index (χ0) is 23.8. The van der Waals surface area contributed by atoms with Gasteiger partial charge in [-0.1, -0.05) is 24.3 Å². The van der Waals surface area contributed by atoms with Gasteiger partial charge in [-0.25, -0.2) is 8.42 Å². The fourth-order valence-corrected chi connectivity index (χ4v) is 5.46. The number of hydrogen-bond acceptors (Lipinski definition) is 6. The monoisotopic (exact) mass is 488 g/mol. The lowest BCUT2D eigenvalue weighted by Crippen LogP contribution is -2.40. The summed E-state index contributed by atoms with van der Waals surface area (Å²) < 4.78 is 43.8. The van der Waals surface area contributed by atoms with Gasteiger partial charge in [0.1, 0.15) is 12.4 Å². The van der Waals surface area contributed by atoms with Crippen molar-refractivity contribution in [1.29, 1.82) is 0 Å². The van der Waals surface area contributed by atoms with Crippen LogP contribution in [0.5, 0.6) is 5.75 Å². The summed E-state index contributed by atoms with van der Waals surface area (Å²) in [5.41, 5.74) is 1.53. The summed E-state index contributed by atoms with van der Waals surface area (Å²) in [6.45, 7) is 2.79. The van der Waals surface area contributed by atoms with Gasteiger partial charge < -0.3 is 19.5 Å². The van der Waals surface area contributed by atoms with E-state index in [4.69, 9.17) is 14.2 Å². The van der Waals surface area contributed by atoms with Crippen molar-refractivity contribution in [2.45, 2.75) is 43.1 Å². The van der Waals surface area contributed by atoms with E-state index in [0.717, 1.165) is 31.4 Å². The molecule has 0 aliphatic carbocycles. The molecule has 2 aliphatic rings. The quantitative estimate of drug-likeness (QED) is 0.583. The number of aryl methyl sites for hydroxylation is 1. The second-order valence-electron chi connectivity index (χ2n) is 8.50. The van der Waals surface area contributed by atoms with E-state index >= 15 is 0 Å². The van der Waals surface area contributed by atoms with Gasteiger partial charge in [-0.2, -0.15) is 4.31 Å². The Labute approximate surface area is 201 Å². The van der Waals surface area contributed by atoms with Crippen molar-refractivity contribution >= 4 is 21.6 Å². The molecule has 1 unspecified atom stereocenters. The minimum absolute atomic E-state index is 0.0903. The van der Waals surface area contributed by atoms with E-state index < -0.39 is 10.0 Å². The van der Waals surface area contributed by atoms with E-state index in [1.807, 2.05) is 24.3 Å². The largest absolute Gasteiger partial charge is 0.489 e. The van der Waals surface area contributed by atoms with Crippen LogP contribution < -0.4 is 10.1 Å². The molecule has 4 rings (SSSR count). The standard InChI is InChI=1S/C25H32N2O6S/c28-25(26-23-6-1-2-7-24(23)33-19-21-5-3-4-16-32-21)13-10-20-8-11-22(12-9-20)34(29,30)27-14-17-31-18-15-27/h1-2,6-9,11-12,21H,3-5,10,13-19H2,(H,26,28). The summed E-state index contributed by atoms with van der Waals surface area (Å²) in [6.07, 6.45) is 4.09. The van der Waals surface area contributed by atoms with Gasteiger partial charge >= 0.3 is 0 Å². The van der Waals surface area contributed by atoms with Crippen LogP contribution in [-0.2, 0) is 30.7 Å². The highest BCUT2D eigenvalue weighted by atomic mass is 32.2. The van der Waals surface area contributed by atoms with Crippen molar-refractivity contribution in [3.05, 3.63) is 54.1 Å². The van der Waals surface area contributed by atoms with Crippen molar-refractivity contribution in [2.75, 3.05) is 44.8 Å². The summed E-state index contributed by atoms with van der Waals surface area (Å²) in [4.78, 5) is 12.8. The first-order valence-corrected chi connectivity index (χ1v) is 13.3. The topological polar surface area (TPSA) is 94.2 Å². The van der Waals surface area contributed by atoms with Crippen molar-refractivity contribution in [3.8, 4) is 5.75 Å². The second-order valence-corrected chi connectivity index (χ2v) is 10.4. The van der Waals surface area contributed by atoms with Crippen LogP contribution >= 0.6 is 0 Å². The van der Waals surface area contributed by atoms with Gasteiger partial charge in [0.25, 0.3) is 0 Å². The molecule has 1 atom stereocenters. The highest BCUT2D eigenvalue weighted by Gasteiger charge is 2.26. The Kier molecular flexibility index (Phi) is 8.55. The smallest absolute Gasteiger partial charge is 0.243 e. The molecule has 0 saturated carbocycles. The van der Waals surface area contributed by atoms with E-state index in [9.17, 15) is 13.2 Å². The van der Waals surface area contributed by atoms with E-state index in [1.165, 1.54) is 4.31 Å². The zero-order valence-corrected chi connectivity index (χ0v) is 20.1. The second kappa shape index (κ2) is 11.8. The van der Waals surface area contributed by atoms with Crippen LogP contribution in [0.15, 0.2) is 53.4 Å². The number of amides is 1. The molecule has 1 amide bonds. The van der Waals surface area contributed by atoms with Crippen LogP contribution in [0.4, 0.5) is 5.69 Å². The first kappa shape index (κ1) is 24.7. The van der Waals surface area contributed by atoms with Crippen molar-refractivity contribution in [1.82, 2.24) is 4.31 Å². The maximum absolute atomic E-state index is 12.7. The summed E-state index contributed by atoms with van der Waals surface area (Å²) in [5, 5.41) is 2.93. The average Bonchev–Trinajstić information content (AvgIpc) is 2.88. The number of carbonyl (C=O) groups excluding carboxylic acids is 1. The Hall–Kier alpha value is -2.46. The lowest BCUT2D eigenvalue weighted by Gasteiger charge is -2.26. The summed E-state index contributed by atoms with van der Waals surface area (Å²) in [7, 11) is -3.52. The number of nitrogens with one attached hydrogen (secondary N) is 1. The average molecular weight is 489 g/mol. The van der Waals surface area contributed by atoms with Crippen LogP contribution in [0.1, 0.15) is 31.2 Å². The molecular formula is C25H32N2O6S. The first-order valence-electron chi connectivity index (χ1n) is 11.8. The third-order valence-corrected chi connectivity index (χ3v) is 7.94. The van der Waals surface area contributed by atoms with Gasteiger partial charge in [0.15, 0.2) is 0 Å². The lowest BCUT2D eigenvalue weighted by molar-refractivity contribution is -0.116. The minimum atomic E-state index is -3.52.